The van der Waals surface area contributed by atoms with Gasteiger partial charge in [0.1, 0.15) is 0 Å². The van der Waals surface area contributed by atoms with E-state index in [0.29, 0.717) is 36.2 Å². The summed E-state index contributed by atoms with van der Waals surface area (Å²) in [5.41, 5.74) is 4.86. The molecule has 0 N–H and O–H groups in total. The molecule has 6 nitrogen and oxygen atoms in total. The van der Waals surface area contributed by atoms with Gasteiger partial charge in [-0.3, -0.25) is 4.79 Å². The van der Waals surface area contributed by atoms with Crippen molar-refractivity contribution in [1.29, 1.82) is 0 Å². The van der Waals surface area contributed by atoms with Gasteiger partial charge in [-0.05, 0) is 61.7 Å². The van der Waals surface area contributed by atoms with Crippen LogP contribution in [-0.2, 0) is 11.2 Å². The summed E-state index contributed by atoms with van der Waals surface area (Å²) in [7, 11) is 3.19. The summed E-state index contributed by atoms with van der Waals surface area (Å²) in [4.78, 5) is 15.5. The van der Waals surface area contributed by atoms with Crippen LogP contribution in [0.5, 0.6) is 23.0 Å². The van der Waals surface area contributed by atoms with Gasteiger partial charge in [0.15, 0.2) is 23.0 Å². The number of benzene rings is 3. The molecule has 0 saturated heterocycles. The van der Waals surface area contributed by atoms with Gasteiger partial charge in [0, 0.05) is 11.8 Å². The highest BCUT2D eigenvalue weighted by Crippen LogP contribution is 2.45. The molecule has 1 atom stereocenters. The summed E-state index contributed by atoms with van der Waals surface area (Å²) >= 11 is 0. The van der Waals surface area contributed by atoms with Crippen LogP contribution >= 0.6 is 0 Å². The number of hydrogen-bond acceptors (Lipinski definition) is 5. The van der Waals surface area contributed by atoms with Crippen LogP contribution in [-0.4, -0.2) is 33.3 Å². The molecule has 0 unspecified atom stereocenters. The molecule has 1 amide bonds. The zero-order valence-electron chi connectivity index (χ0n) is 20.4. The molecular formula is C28H31NO5. The van der Waals surface area contributed by atoms with Gasteiger partial charge in [-0.1, -0.05) is 29.8 Å². The number of carbonyl (C=O) groups is 1. The lowest BCUT2D eigenvalue weighted by Gasteiger charge is -2.38. The van der Waals surface area contributed by atoms with Gasteiger partial charge in [-0.25, -0.2) is 0 Å². The topological polar surface area (TPSA) is 57.2 Å². The Labute approximate surface area is 201 Å². The quantitative estimate of drug-likeness (QED) is 0.444. The molecule has 178 valence electrons. The fourth-order valence-corrected chi connectivity index (χ4v) is 4.53. The Kier molecular flexibility index (Phi) is 6.96. The second kappa shape index (κ2) is 10.1. The zero-order valence-corrected chi connectivity index (χ0v) is 20.4. The largest absolute Gasteiger partial charge is 0.493 e. The summed E-state index contributed by atoms with van der Waals surface area (Å²) in [5.74, 6) is 2.53. The first-order chi connectivity index (χ1) is 16.5. The highest BCUT2D eigenvalue weighted by Gasteiger charge is 2.36. The summed E-state index contributed by atoms with van der Waals surface area (Å²) in [6.07, 6.45) is 0.262. The predicted octanol–water partition coefficient (Wildman–Crippen LogP) is 5.49. The summed E-state index contributed by atoms with van der Waals surface area (Å²) < 4.78 is 22.7. The Bertz CT molecular complexity index is 1190. The maximum atomic E-state index is 13.6. The van der Waals surface area contributed by atoms with Crippen LogP contribution in [0.25, 0.3) is 0 Å². The molecule has 1 aliphatic heterocycles. The van der Waals surface area contributed by atoms with E-state index in [9.17, 15) is 4.79 Å². The lowest BCUT2D eigenvalue weighted by atomic mass is 9.86. The van der Waals surface area contributed by atoms with E-state index in [4.69, 9.17) is 18.9 Å². The number of ether oxygens (including phenoxy) is 4. The van der Waals surface area contributed by atoms with Crippen LogP contribution in [0.3, 0.4) is 0 Å². The number of anilines is 1. The normalized spacial score (nSPS) is 15.0. The maximum Gasteiger partial charge on any atom is 0.232 e. The number of nitrogens with zero attached hydrogens (tertiary/aromatic N) is 1. The SMILES string of the molecule is CCOc1cc2c(cc1OCC)[C@@H](c1cccc(C)c1)N(c1ccc(OC)c(OC)c1)C(=O)C2. The molecule has 0 bridgehead atoms. The monoisotopic (exact) mass is 461 g/mol. The molecule has 0 radical (unpaired) electrons. The van der Waals surface area contributed by atoms with Crippen LogP contribution in [0.4, 0.5) is 5.69 Å². The van der Waals surface area contributed by atoms with E-state index in [2.05, 4.69) is 25.1 Å². The fraction of sp³-hybridized carbons (Fsp3) is 0.321. The van der Waals surface area contributed by atoms with Crippen molar-refractivity contribution in [3.05, 3.63) is 76.9 Å². The zero-order chi connectivity index (χ0) is 24.2. The molecule has 34 heavy (non-hydrogen) atoms. The molecule has 6 heteroatoms. The number of fused-ring (bicyclic) bond motifs is 1. The molecule has 0 spiro atoms. The van der Waals surface area contributed by atoms with Crippen molar-refractivity contribution in [1.82, 2.24) is 0 Å². The third kappa shape index (κ3) is 4.40. The van der Waals surface area contributed by atoms with Gasteiger partial charge in [0.25, 0.3) is 0 Å². The molecule has 0 saturated carbocycles. The lowest BCUT2D eigenvalue weighted by molar-refractivity contribution is -0.118. The van der Waals surface area contributed by atoms with Gasteiger partial charge >= 0.3 is 0 Å². The predicted molar refractivity (Wildman–Crippen MR) is 133 cm³/mol. The number of hydrogen-bond donors (Lipinski definition) is 0. The maximum absolute atomic E-state index is 13.6. The van der Waals surface area contributed by atoms with Gasteiger partial charge < -0.3 is 23.8 Å². The standard InChI is InChI=1S/C28H31NO5/c1-6-33-25-14-20-15-27(30)29(21-11-12-23(31-4)24(16-21)32-5)28(19-10-8-9-18(3)13-19)22(20)17-26(25)34-7-2/h8-14,16-17,28H,6-7,15H2,1-5H3/t28-/m1/s1. The van der Waals surface area contributed by atoms with E-state index in [1.165, 1.54) is 0 Å². The first-order valence-corrected chi connectivity index (χ1v) is 11.5. The third-order valence-corrected chi connectivity index (χ3v) is 5.97. The minimum atomic E-state index is -0.330. The molecule has 3 aromatic carbocycles. The van der Waals surface area contributed by atoms with E-state index >= 15 is 0 Å². The van der Waals surface area contributed by atoms with Crippen molar-refractivity contribution in [3.63, 3.8) is 0 Å². The number of carbonyl (C=O) groups excluding carboxylic acids is 1. The minimum Gasteiger partial charge on any atom is -0.493 e. The first-order valence-electron chi connectivity index (χ1n) is 11.5. The Morgan fingerprint density at radius 3 is 2.21 bits per heavy atom. The van der Waals surface area contributed by atoms with Crippen molar-refractivity contribution in [2.75, 3.05) is 32.3 Å². The van der Waals surface area contributed by atoms with E-state index < -0.39 is 0 Å². The van der Waals surface area contributed by atoms with Crippen molar-refractivity contribution in [2.45, 2.75) is 33.2 Å². The Hall–Kier alpha value is -3.67. The Morgan fingerprint density at radius 2 is 1.56 bits per heavy atom. The molecular weight excluding hydrogens is 430 g/mol. The van der Waals surface area contributed by atoms with Crippen LogP contribution < -0.4 is 23.8 Å². The molecule has 0 fully saturated rings. The molecule has 0 aliphatic carbocycles. The van der Waals surface area contributed by atoms with E-state index in [1.54, 1.807) is 14.2 Å². The molecule has 4 rings (SSSR count). The Morgan fingerprint density at radius 1 is 0.853 bits per heavy atom. The molecule has 0 aromatic heterocycles. The van der Waals surface area contributed by atoms with Crippen molar-refractivity contribution in [2.24, 2.45) is 0 Å². The first kappa shape index (κ1) is 23.5. The minimum absolute atomic E-state index is 0.00201. The molecule has 1 aliphatic rings. The molecule has 1 heterocycles. The summed E-state index contributed by atoms with van der Waals surface area (Å²) in [6, 6.07) is 17.5. The summed E-state index contributed by atoms with van der Waals surface area (Å²) in [5, 5.41) is 0. The van der Waals surface area contributed by atoms with E-state index in [1.807, 2.05) is 55.1 Å². The van der Waals surface area contributed by atoms with Gasteiger partial charge in [-0.2, -0.15) is 0 Å². The number of rotatable bonds is 8. The Balaban J connectivity index is 1.93. The second-order valence-electron chi connectivity index (χ2n) is 8.16. The second-order valence-corrected chi connectivity index (χ2v) is 8.16. The van der Waals surface area contributed by atoms with Crippen LogP contribution in [0, 0.1) is 6.92 Å². The van der Waals surface area contributed by atoms with Crippen molar-refractivity contribution in [3.8, 4) is 23.0 Å². The van der Waals surface area contributed by atoms with E-state index in [-0.39, 0.29) is 18.4 Å². The fourth-order valence-electron chi connectivity index (χ4n) is 4.53. The van der Waals surface area contributed by atoms with Gasteiger partial charge in [-0.15, -0.1) is 0 Å². The van der Waals surface area contributed by atoms with Crippen molar-refractivity contribution >= 4 is 11.6 Å². The van der Waals surface area contributed by atoms with Gasteiger partial charge in [0.05, 0.1) is 39.9 Å². The lowest BCUT2D eigenvalue weighted by Crippen LogP contribution is -2.41. The van der Waals surface area contributed by atoms with Gasteiger partial charge in [0.2, 0.25) is 5.91 Å². The average molecular weight is 462 g/mol. The average Bonchev–Trinajstić information content (AvgIpc) is 2.83. The van der Waals surface area contributed by atoms with Crippen LogP contribution in [0.2, 0.25) is 0 Å². The smallest absolute Gasteiger partial charge is 0.232 e. The number of amides is 1. The highest BCUT2D eigenvalue weighted by atomic mass is 16.5. The van der Waals surface area contributed by atoms with Crippen LogP contribution in [0.15, 0.2) is 54.6 Å². The third-order valence-electron chi connectivity index (χ3n) is 5.97. The highest BCUT2D eigenvalue weighted by molar-refractivity contribution is 5.98. The van der Waals surface area contributed by atoms with Crippen molar-refractivity contribution < 1.29 is 23.7 Å². The van der Waals surface area contributed by atoms with Crippen LogP contribution in [0.1, 0.15) is 42.1 Å². The number of methoxy groups -OCH3 is 2. The summed E-state index contributed by atoms with van der Waals surface area (Å²) in [6.45, 7) is 6.99. The molecule has 3 aromatic rings. The van der Waals surface area contributed by atoms with E-state index in [0.717, 1.165) is 27.9 Å². The number of aryl methyl sites for hydroxylation is 1.